The van der Waals surface area contributed by atoms with Crippen molar-refractivity contribution in [2.24, 2.45) is 16.5 Å². The molecule has 1 fully saturated rings. The van der Waals surface area contributed by atoms with Crippen molar-refractivity contribution in [1.29, 1.82) is 0 Å². The van der Waals surface area contributed by atoms with Crippen LogP contribution < -0.4 is 21.3 Å². The molecule has 0 radical (unpaired) electrons. The van der Waals surface area contributed by atoms with Crippen LogP contribution in [0.5, 0.6) is 0 Å². The summed E-state index contributed by atoms with van der Waals surface area (Å²) >= 11 is 9.46. The lowest BCUT2D eigenvalue weighted by atomic mass is 10.1. The van der Waals surface area contributed by atoms with Gasteiger partial charge in [-0.05, 0) is 35.9 Å². The van der Waals surface area contributed by atoms with Crippen LogP contribution in [0.25, 0.3) is 0 Å². The molecule has 4 N–H and O–H groups in total. The van der Waals surface area contributed by atoms with E-state index in [-0.39, 0.29) is 10.5 Å². The van der Waals surface area contributed by atoms with Crippen LogP contribution in [0.15, 0.2) is 58.2 Å². The Bertz CT molecular complexity index is 1060. The average Bonchev–Trinajstić information content (AvgIpc) is 3.14. The minimum absolute atomic E-state index is 0.0451. The van der Waals surface area contributed by atoms with E-state index < -0.39 is 12.0 Å². The second kappa shape index (κ2) is 9.24. The van der Waals surface area contributed by atoms with Crippen molar-refractivity contribution in [3.05, 3.63) is 69.6 Å². The van der Waals surface area contributed by atoms with Crippen molar-refractivity contribution in [3.8, 4) is 0 Å². The molecule has 0 amide bonds. The van der Waals surface area contributed by atoms with Gasteiger partial charge >= 0.3 is 0 Å². The molecule has 0 aliphatic carbocycles. The maximum Gasteiger partial charge on any atom is 0.150 e. The molecule has 2 atom stereocenters. The maximum absolute atomic E-state index is 13.6. The van der Waals surface area contributed by atoms with Gasteiger partial charge in [-0.25, -0.2) is 9.38 Å². The third-order valence-corrected chi connectivity index (χ3v) is 8.11. The van der Waals surface area contributed by atoms with Crippen LogP contribution in [-0.4, -0.2) is 47.5 Å². The van der Waals surface area contributed by atoms with Gasteiger partial charge in [0.2, 0.25) is 0 Å². The van der Waals surface area contributed by atoms with Gasteiger partial charge < -0.3 is 16.4 Å². The minimum atomic E-state index is -0.485. The fraction of sp³-hybridized carbons (Fsp3) is 0.318. The molecule has 2 aromatic carbocycles. The molecule has 5 rings (SSSR count). The number of rotatable bonds is 4. The van der Waals surface area contributed by atoms with Crippen molar-refractivity contribution in [3.63, 3.8) is 0 Å². The van der Waals surface area contributed by atoms with Crippen molar-refractivity contribution < 1.29 is 4.39 Å². The Labute approximate surface area is 200 Å². The summed E-state index contributed by atoms with van der Waals surface area (Å²) in [5.74, 6) is 2.69. The summed E-state index contributed by atoms with van der Waals surface area (Å²) in [7, 11) is 0. The second-order valence-corrected chi connectivity index (χ2v) is 10.6. The SMILES string of the molecule is NC1C2=C(N=CN1c1ccc(F)c(Cl)c1)N(c1ccc(CN3CCSCC3)cc1)C(N)S2. The molecule has 2 unspecified atom stereocenters. The van der Waals surface area contributed by atoms with E-state index in [9.17, 15) is 4.39 Å². The van der Waals surface area contributed by atoms with Gasteiger partial charge in [-0.1, -0.05) is 35.5 Å². The third kappa shape index (κ3) is 4.25. The number of hydrogen-bond donors (Lipinski definition) is 2. The molecule has 2 aromatic rings. The van der Waals surface area contributed by atoms with E-state index in [0.717, 1.165) is 36.0 Å². The normalized spacial score (nSPS) is 23.8. The van der Waals surface area contributed by atoms with Crippen molar-refractivity contribution in [2.75, 3.05) is 34.4 Å². The van der Waals surface area contributed by atoms with Crippen LogP contribution in [0.4, 0.5) is 15.8 Å². The highest BCUT2D eigenvalue weighted by Crippen LogP contribution is 2.43. The van der Waals surface area contributed by atoms with Gasteiger partial charge in [0.25, 0.3) is 0 Å². The average molecular weight is 491 g/mol. The molecule has 0 spiro atoms. The number of aliphatic imine (C=N–C) groups is 1. The number of hydrogen-bond acceptors (Lipinski definition) is 8. The van der Waals surface area contributed by atoms with Gasteiger partial charge in [-0.2, -0.15) is 11.8 Å². The second-order valence-electron chi connectivity index (χ2n) is 7.82. The predicted molar refractivity (Wildman–Crippen MR) is 134 cm³/mol. The van der Waals surface area contributed by atoms with Crippen molar-refractivity contribution in [2.45, 2.75) is 18.2 Å². The highest BCUT2D eigenvalue weighted by molar-refractivity contribution is 8.04. The molecule has 32 heavy (non-hydrogen) atoms. The molecular weight excluding hydrogens is 467 g/mol. The summed E-state index contributed by atoms with van der Waals surface area (Å²) in [6.07, 6.45) is 1.17. The van der Waals surface area contributed by atoms with Crippen LogP contribution in [0.3, 0.4) is 0 Å². The van der Waals surface area contributed by atoms with E-state index in [1.165, 1.54) is 34.9 Å². The Kier molecular flexibility index (Phi) is 6.37. The molecule has 6 nitrogen and oxygen atoms in total. The minimum Gasteiger partial charge on any atom is -0.312 e. The van der Waals surface area contributed by atoms with Crippen molar-refractivity contribution >= 4 is 52.8 Å². The van der Waals surface area contributed by atoms with Gasteiger partial charge in [0.15, 0.2) is 0 Å². The Morgan fingerprint density at radius 2 is 1.78 bits per heavy atom. The quantitative estimate of drug-likeness (QED) is 0.674. The number of nitrogens with two attached hydrogens (primary N) is 2. The first-order chi connectivity index (χ1) is 15.5. The summed E-state index contributed by atoms with van der Waals surface area (Å²) in [6.45, 7) is 3.24. The van der Waals surface area contributed by atoms with Gasteiger partial charge in [-0.15, -0.1) is 0 Å². The first-order valence-electron chi connectivity index (χ1n) is 10.4. The maximum atomic E-state index is 13.6. The fourth-order valence-electron chi connectivity index (χ4n) is 4.04. The van der Waals surface area contributed by atoms with Crippen LogP contribution in [0.2, 0.25) is 5.02 Å². The lowest BCUT2D eigenvalue weighted by Gasteiger charge is -2.31. The highest BCUT2D eigenvalue weighted by atomic mass is 35.5. The van der Waals surface area contributed by atoms with Crippen LogP contribution in [0.1, 0.15) is 5.56 Å². The molecule has 3 heterocycles. The zero-order valence-corrected chi connectivity index (χ0v) is 19.7. The molecule has 10 heteroatoms. The van der Waals surface area contributed by atoms with E-state index in [1.54, 1.807) is 23.4 Å². The predicted octanol–water partition coefficient (Wildman–Crippen LogP) is 3.83. The molecule has 3 aliphatic heterocycles. The van der Waals surface area contributed by atoms with Gasteiger partial charge in [0, 0.05) is 42.5 Å². The molecule has 3 aliphatic rings. The van der Waals surface area contributed by atoms with E-state index in [1.807, 2.05) is 16.7 Å². The molecule has 1 saturated heterocycles. The first kappa shape index (κ1) is 22.1. The Morgan fingerprint density at radius 3 is 2.50 bits per heavy atom. The summed E-state index contributed by atoms with van der Waals surface area (Å²) < 4.78 is 13.6. The highest BCUT2D eigenvalue weighted by Gasteiger charge is 2.38. The van der Waals surface area contributed by atoms with E-state index in [0.29, 0.717) is 5.69 Å². The molecule has 0 aromatic heterocycles. The third-order valence-electron chi connectivity index (χ3n) is 5.75. The molecule has 0 bridgehead atoms. The summed E-state index contributed by atoms with van der Waals surface area (Å²) in [4.78, 5) is 11.8. The number of anilines is 2. The zero-order chi connectivity index (χ0) is 22.2. The number of nitrogens with zero attached hydrogens (tertiary/aromatic N) is 4. The Hall–Kier alpha value is -1.75. The molecule has 168 valence electrons. The number of halogens is 2. The standard InChI is InChI=1S/C22H24ClFN6S2/c23-17-11-16(5-6-18(17)24)29-13-27-21-19(20(29)25)32-22(26)30(21)15-3-1-14(2-4-15)12-28-7-9-31-10-8-28/h1-6,11,13,20,22H,7-10,12,25-26H2. The fourth-order valence-corrected chi connectivity index (χ4v) is 6.29. The van der Waals surface area contributed by atoms with Gasteiger partial charge in [0.05, 0.1) is 16.3 Å². The Morgan fingerprint density at radius 1 is 1.06 bits per heavy atom. The van der Waals surface area contributed by atoms with E-state index in [4.69, 9.17) is 23.1 Å². The lowest BCUT2D eigenvalue weighted by Crippen LogP contribution is -2.44. The van der Waals surface area contributed by atoms with Gasteiger partial charge in [-0.3, -0.25) is 9.80 Å². The molecular formula is C22H24ClFN6S2. The van der Waals surface area contributed by atoms with Crippen LogP contribution >= 0.6 is 35.1 Å². The smallest absolute Gasteiger partial charge is 0.150 e. The van der Waals surface area contributed by atoms with Crippen molar-refractivity contribution in [1.82, 2.24) is 4.90 Å². The Balaban J connectivity index is 1.35. The van der Waals surface area contributed by atoms with Gasteiger partial charge in [0.1, 0.15) is 23.3 Å². The van der Waals surface area contributed by atoms with Crippen LogP contribution in [0, 0.1) is 5.82 Å². The monoisotopic (exact) mass is 490 g/mol. The molecule has 0 saturated carbocycles. The van der Waals surface area contributed by atoms with E-state index >= 15 is 0 Å². The summed E-state index contributed by atoms with van der Waals surface area (Å²) in [5, 5.41) is 0.0451. The largest absolute Gasteiger partial charge is 0.312 e. The summed E-state index contributed by atoms with van der Waals surface area (Å²) in [6, 6.07) is 13.0. The topological polar surface area (TPSA) is 74.1 Å². The van der Waals surface area contributed by atoms with Crippen LogP contribution in [-0.2, 0) is 6.54 Å². The lowest BCUT2D eigenvalue weighted by molar-refractivity contribution is 0.294. The summed E-state index contributed by atoms with van der Waals surface area (Å²) in [5.41, 5.74) is 15.6. The number of thioether (sulfide) groups is 2. The first-order valence-corrected chi connectivity index (χ1v) is 12.8. The zero-order valence-electron chi connectivity index (χ0n) is 17.3. The van der Waals surface area contributed by atoms with E-state index in [2.05, 4.69) is 34.2 Å². The number of benzene rings is 2.